The quantitative estimate of drug-likeness (QED) is 0.914. The third kappa shape index (κ3) is 3.46. The van der Waals surface area contributed by atoms with Crippen molar-refractivity contribution >= 4 is 6.09 Å². The Morgan fingerprint density at radius 3 is 2.92 bits per heavy atom. The Labute approximate surface area is 153 Å². The summed E-state index contributed by atoms with van der Waals surface area (Å²) in [7, 11) is 0. The lowest BCUT2D eigenvalue weighted by Crippen LogP contribution is -2.34. The number of aryl methyl sites for hydroxylation is 2. The average molecular weight is 355 g/mol. The molecule has 4 rings (SSSR count). The Kier molecular flexibility index (Phi) is 4.44. The average Bonchev–Trinajstić information content (AvgIpc) is 3.09. The predicted octanol–water partition coefficient (Wildman–Crippen LogP) is 3.42. The summed E-state index contributed by atoms with van der Waals surface area (Å²) < 4.78 is 11.5. The van der Waals surface area contributed by atoms with E-state index in [0.29, 0.717) is 12.4 Å². The first-order valence-corrected chi connectivity index (χ1v) is 9.26. The Morgan fingerprint density at radius 1 is 1.27 bits per heavy atom. The number of hydrogen-bond acceptors (Lipinski definition) is 5. The van der Waals surface area contributed by atoms with Gasteiger partial charge < -0.3 is 14.5 Å². The summed E-state index contributed by atoms with van der Waals surface area (Å²) in [4.78, 5) is 18.6. The maximum atomic E-state index is 11.4. The Balaban J connectivity index is 1.45. The molecule has 138 valence electrons. The van der Waals surface area contributed by atoms with E-state index >= 15 is 0 Å². The molecule has 1 N–H and O–H groups in total. The largest absolute Gasteiger partial charge is 0.441 e. The van der Waals surface area contributed by atoms with Crippen LogP contribution < -0.4 is 5.32 Å². The van der Waals surface area contributed by atoms with Crippen molar-refractivity contribution in [3.05, 3.63) is 41.3 Å². The van der Waals surface area contributed by atoms with Gasteiger partial charge in [0.1, 0.15) is 11.4 Å². The van der Waals surface area contributed by atoms with Gasteiger partial charge in [0.25, 0.3) is 0 Å². The highest BCUT2D eigenvalue weighted by Gasteiger charge is 2.41. The first kappa shape index (κ1) is 17.1. The molecule has 6 nitrogen and oxygen atoms in total. The smallest absolute Gasteiger partial charge is 0.407 e. The number of rotatable bonds is 3. The van der Waals surface area contributed by atoms with Gasteiger partial charge >= 0.3 is 6.09 Å². The van der Waals surface area contributed by atoms with Crippen molar-refractivity contribution < 1.29 is 13.9 Å². The molecule has 0 saturated carbocycles. The SMILES string of the molecule is Cc1cccc(-c2nc(CN3CCC[C@]4(CC3)CNC(=O)O4)c(C)o2)c1. The van der Waals surface area contributed by atoms with E-state index in [1.807, 2.05) is 19.1 Å². The molecule has 1 amide bonds. The molecule has 2 aliphatic heterocycles. The molecular formula is C20H25N3O3. The minimum atomic E-state index is -0.322. The number of ether oxygens (including phenoxy) is 1. The van der Waals surface area contributed by atoms with Crippen LogP contribution in [0.2, 0.25) is 0 Å². The number of likely N-dealkylation sites (tertiary alicyclic amines) is 1. The summed E-state index contributed by atoms with van der Waals surface area (Å²) in [6, 6.07) is 8.21. The van der Waals surface area contributed by atoms with Crippen LogP contribution in [-0.4, -0.2) is 41.2 Å². The maximum absolute atomic E-state index is 11.4. The van der Waals surface area contributed by atoms with E-state index in [-0.39, 0.29) is 11.7 Å². The van der Waals surface area contributed by atoms with Crippen molar-refractivity contribution in [3.8, 4) is 11.5 Å². The lowest BCUT2D eigenvalue weighted by atomic mass is 9.95. The lowest BCUT2D eigenvalue weighted by molar-refractivity contribution is 0.0442. The number of carbonyl (C=O) groups excluding carboxylic acids is 1. The number of alkyl carbamates (subject to hydrolysis) is 1. The number of nitrogens with zero attached hydrogens (tertiary/aromatic N) is 2. The number of oxazole rings is 1. The first-order valence-electron chi connectivity index (χ1n) is 9.26. The van der Waals surface area contributed by atoms with Gasteiger partial charge in [-0.15, -0.1) is 0 Å². The van der Waals surface area contributed by atoms with Gasteiger partial charge in [-0.05, 0) is 45.4 Å². The van der Waals surface area contributed by atoms with E-state index in [4.69, 9.17) is 14.1 Å². The molecule has 6 heteroatoms. The fourth-order valence-corrected chi connectivity index (χ4v) is 3.85. The lowest BCUT2D eigenvalue weighted by Gasteiger charge is -2.24. The van der Waals surface area contributed by atoms with Crippen LogP contribution in [0, 0.1) is 13.8 Å². The van der Waals surface area contributed by atoms with Gasteiger partial charge in [0.15, 0.2) is 0 Å². The molecule has 2 fully saturated rings. The number of carbonyl (C=O) groups is 1. The normalized spacial score (nSPS) is 23.7. The van der Waals surface area contributed by atoms with Gasteiger partial charge in [-0.2, -0.15) is 0 Å². The maximum Gasteiger partial charge on any atom is 0.407 e. The van der Waals surface area contributed by atoms with Crippen molar-refractivity contribution in [1.82, 2.24) is 15.2 Å². The molecule has 0 radical (unpaired) electrons. The predicted molar refractivity (Wildman–Crippen MR) is 97.8 cm³/mol. The van der Waals surface area contributed by atoms with Crippen LogP contribution in [0.1, 0.15) is 36.3 Å². The third-order valence-corrected chi connectivity index (χ3v) is 5.39. The number of benzene rings is 1. The molecule has 1 spiro atoms. The van der Waals surface area contributed by atoms with Crippen molar-refractivity contribution in [2.45, 2.75) is 45.3 Å². The van der Waals surface area contributed by atoms with Crippen LogP contribution in [0.15, 0.2) is 28.7 Å². The monoisotopic (exact) mass is 355 g/mol. The number of hydrogen-bond donors (Lipinski definition) is 1. The Hall–Kier alpha value is -2.34. The zero-order valence-electron chi connectivity index (χ0n) is 15.4. The highest BCUT2D eigenvalue weighted by atomic mass is 16.6. The molecule has 0 bridgehead atoms. The van der Waals surface area contributed by atoms with Crippen LogP contribution >= 0.6 is 0 Å². The Bertz CT molecular complexity index is 816. The van der Waals surface area contributed by atoms with E-state index in [1.54, 1.807) is 0 Å². The number of aromatic nitrogens is 1. The Morgan fingerprint density at radius 2 is 2.15 bits per heavy atom. The first-order chi connectivity index (χ1) is 12.5. The summed E-state index contributed by atoms with van der Waals surface area (Å²) in [6.45, 7) is 7.30. The van der Waals surface area contributed by atoms with Crippen molar-refractivity contribution in [3.63, 3.8) is 0 Å². The molecular weight excluding hydrogens is 330 g/mol. The fourth-order valence-electron chi connectivity index (χ4n) is 3.85. The van der Waals surface area contributed by atoms with Crippen LogP contribution in [0.25, 0.3) is 11.5 Å². The minimum Gasteiger partial charge on any atom is -0.441 e. The van der Waals surface area contributed by atoms with E-state index in [0.717, 1.165) is 55.9 Å². The molecule has 2 saturated heterocycles. The summed E-state index contributed by atoms with van der Waals surface area (Å²) in [5.41, 5.74) is 2.87. The van der Waals surface area contributed by atoms with E-state index < -0.39 is 0 Å². The topological polar surface area (TPSA) is 67.6 Å². The van der Waals surface area contributed by atoms with Gasteiger partial charge in [-0.3, -0.25) is 4.90 Å². The van der Waals surface area contributed by atoms with Crippen molar-refractivity contribution in [2.24, 2.45) is 0 Å². The summed E-state index contributed by atoms with van der Waals surface area (Å²) in [5, 5.41) is 2.80. The molecule has 3 heterocycles. The van der Waals surface area contributed by atoms with E-state index in [9.17, 15) is 4.79 Å². The summed E-state index contributed by atoms with van der Waals surface area (Å²) in [5.74, 6) is 1.55. The van der Waals surface area contributed by atoms with Gasteiger partial charge in [-0.25, -0.2) is 9.78 Å². The van der Waals surface area contributed by atoms with Crippen LogP contribution in [0.3, 0.4) is 0 Å². The van der Waals surface area contributed by atoms with Crippen LogP contribution in [-0.2, 0) is 11.3 Å². The van der Waals surface area contributed by atoms with Crippen LogP contribution in [0.5, 0.6) is 0 Å². The zero-order valence-corrected chi connectivity index (χ0v) is 15.4. The second-order valence-corrected chi connectivity index (χ2v) is 7.45. The van der Waals surface area contributed by atoms with Crippen molar-refractivity contribution in [2.75, 3.05) is 19.6 Å². The molecule has 2 aromatic rings. The molecule has 0 aliphatic carbocycles. The number of nitrogens with one attached hydrogen (secondary N) is 1. The molecule has 26 heavy (non-hydrogen) atoms. The highest BCUT2D eigenvalue weighted by Crippen LogP contribution is 2.30. The standard InChI is InChI=1S/C20H25N3O3/c1-14-5-3-6-16(11-14)18-22-17(15(2)25-18)12-23-9-4-7-20(8-10-23)13-21-19(24)26-20/h3,5-6,11H,4,7-10,12-13H2,1-2H3,(H,21,24)/t20-/m0/s1. The summed E-state index contributed by atoms with van der Waals surface area (Å²) in [6.07, 6.45) is 2.49. The molecule has 0 unspecified atom stereocenters. The van der Waals surface area contributed by atoms with Crippen LogP contribution in [0.4, 0.5) is 4.79 Å². The number of amides is 1. The van der Waals surface area contributed by atoms with Gasteiger partial charge in [-0.1, -0.05) is 17.7 Å². The van der Waals surface area contributed by atoms with E-state index in [2.05, 4.69) is 29.3 Å². The summed E-state index contributed by atoms with van der Waals surface area (Å²) >= 11 is 0. The van der Waals surface area contributed by atoms with Gasteiger partial charge in [0.05, 0.1) is 12.2 Å². The zero-order chi connectivity index (χ0) is 18.1. The molecule has 1 aromatic heterocycles. The van der Waals surface area contributed by atoms with Gasteiger partial charge in [0.2, 0.25) is 5.89 Å². The van der Waals surface area contributed by atoms with Gasteiger partial charge in [0, 0.05) is 25.1 Å². The molecule has 2 aliphatic rings. The second kappa shape index (κ2) is 6.76. The highest BCUT2D eigenvalue weighted by molar-refractivity contribution is 5.70. The molecule has 1 aromatic carbocycles. The third-order valence-electron chi connectivity index (χ3n) is 5.39. The van der Waals surface area contributed by atoms with E-state index in [1.165, 1.54) is 5.56 Å². The van der Waals surface area contributed by atoms with Crippen molar-refractivity contribution in [1.29, 1.82) is 0 Å². The minimum absolute atomic E-state index is 0.284. The fraction of sp³-hybridized carbons (Fsp3) is 0.500. The second-order valence-electron chi connectivity index (χ2n) is 7.45. The molecule has 1 atom stereocenters.